The van der Waals surface area contributed by atoms with Crippen molar-refractivity contribution in [3.63, 3.8) is 0 Å². The molecule has 0 saturated heterocycles. The topological polar surface area (TPSA) is 52.6 Å². The van der Waals surface area contributed by atoms with Gasteiger partial charge in [0.25, 0.3) is 11.9 Å². The summed E-state index contributed by atoms with van der Waals surface area (Å²) in [6, 6.07) is 1.75. The molecule has 0 amide bonds. The van der Waals surface area contributed by atoms with Gasteiger partial charge in [-0.3, -0.25) is 9.59 Å². The van der Waals surface area contributed by atoms with Crippen molar-refractivity contribution >= 4 is 31.5 Å². The van der Waals surface area contributed by atoms with Crippen LogP contribution in [0.15, 0.2) is 0 Å². The van der Waals surface area contributed by atoms with Crippen LogP contribution in [0, 0.1) is 11.8 Å². The second kappa shape index (κ2) is 20.6. The summed E-state index contributed by atoms with van der Waals surface area (Å²) in [5.41, 5.74) is 0. The third-order valence-electron chi connectivity index (χ3n) is 5.19. The SMILES string of the molecule is CCCCC(CCCC)C(=O)O[Si]CCC[Si]OC(=O)C(CCCC)CCCC. The number of unbranched alkanes of at least 4 members (excludes halogenated alkanes) is 4. The van der Waals surface area contributed by atoms with Gasteiger partial charge >= 0.3 is 19.5 Å². The molecule has 0 unspecified atom stereocenters. The molecule has 0 atom stereocenters. The van der Waals surface area contributed by atoms with Crippen LogP contribution in [0.5, 0.6) is 0 Å². The molecule has 0 aromatic carbocycles. The molecule has 0 aliphatic rings. The molecule has 4 radical (unpaired) electrons. The van der Waals surface area contributed by atoms with Gasteiger partial charge in [0.15, 0.2) is 0 Å². The van der Waals surface area contributed by atoms with Crippen molar-refractivity contribution in [2.45, 2.75) is 123 Å². The van der Waals surface area contributed by atoms with Gasteiger partial charge in [-0.1, -0.05) is 85.5 Å². The quantitative estimate of drug-likeness (QED) is 0.159. The standard InChI is InChI=1S/C23H44O4Si2/c1-5-9-14-20(15-10-6-2)22(24)26-28-18-13-19-29-27-23(25)21(16-11-7-3)17-12-8-4/h20-21H,5-19H2,1-4H3. The van der Waals surface area contributed by atoms with Gasteiger partial charge in [-0.2, -0.15) is 0 Å². The Bertz CT molecular complexity index is 352. The van der Waals surface area contributed by atoms with Crippen LogP contribution in [-0.2, 0) is 18.4 Å². The Balaban J connectivity index is 3.95. The van der Waals surface area contributed by atoms with Crippen molar-refractivity contribution in [1.29, 1.82) is 0 Å². The number of carbonyl (C=O) groups excluding carboxylic acids is 2. The molecule has 0 N–H and O–H groups in total. The minimum absolute atomic E-state index is 0.00574. The molecule has 0 saturated carbocycles. The molecular formula is C23H44O4Si2. The van der Waals surface area contributed by atoms with E-state index < -0.39 is 0 Å². The normalized spacial score (nSPS) is 11.2. The van der Waals surface area contributed by atoms with Gasteiger partial charge in [0.2, 0.25) is 0 Å². The monoisotopic (exact) mass is 440 g/mol. The first-order valence-corrected chi connectivity index (χ1v) is 14.2. The fourth-order valence-electron chi connectivity index (χ4n) is 3.21. The van der Waals surface area contributed by atoms with Crippen molar-refractivity contribution in [2.24, 2.45) is 11.8 Å². The van der Waals surface area contributed by atoms with Gasteiger partial charge in [-0.05, 0) is 37.8 Å². The molecule has 0 heterocycles. The molecule has 0 aliphatic carbocycles. The lowest BCUT2D eigenvalue weighted by Crippen LogP contribution is -2.20. The van der Waals surface area contributed by atoms with Gasteiger partial charge in [-0.25, -0.2) is 0 Å². The molecule has 29 heavy (non-hydrogen) atoms. The van der Waals surface area contributed by atoms with E-state index in [4.69, 9.17) is 8.85 Å². The number of hydrogen-bond acceptors (Lipinski definition) is 4. The summed E-state index contributed by atoms with van der Waals surface area (Å²) < 4.78 is 11.1. The summed E-state index contributed by atoms with van der Waals surface area (Å²) in [6.45, 7) is 8.64. The Hall–Kier alpha value is -0.626. The summed E-state index contributed by atoms with van der Waals surface area (Å²) in [5, 5.41) is 0. The Morgan fingerprint density at radius 1 is 0.586 bits per heavy atom. The molecule has 0 spiro atoms. The zero-order valence-corrected chi connectivity index (χ0v) is 21.4. The highest BCUT2D eigenvalue weighted by atomic mass is 28.2. The fraction of sp³-hybridized carbons (Fsp3) is 0.913. The molecule has 0 aliphatic heterocycles. The second-order valence-electron chi connectivity index (χ2n) is 7.95. The van der Waals surface area contributed by atoms with E-state index in [-0.39, 0.29) is 43.3 Å². The maximum absolute atomic E-state index is 12.3. The zero-order valence-electron chi connectivity index (χ0n) is 19.4. The van der Waals surface area contributed by atoms with Crippen LogP contribution in [0.2, 0.25) is 12.1 Å². The molecule has 6 heteroatoms. The van der Waals surface area contributed by atoms with Crippen molar-refractivity contribution < 1.29 is 18.4 Å². The molecule has 0 bridgehead atoms. The molecular weight excluding hydrogens is 396 g/mol. The van der Waals surface area contributed by atoms with Crippen LogP contribution in [0.1, 0.15) is 111 Å². The Kier molecular flexibility index (Phi) is 20.2. The molecule has 168 valence electrons. The van der Waals surface area contributed by atoms with Crippen LogP contribution in [0.4, 0.5) is 0 Å². The van der Waals surface area contributed by atoms with Crippen LogP contribution in [0.25, 0.3) is 0 Å². The van der Waals surface area contributed by atoms with Crippen molar-refractivity contribution in [2.75, 3.05) is 0 Å². The summed E-state index contributed by atoms with van der Waals surface area (Å²) >= 11 is 0. The van der Waals surface area contributed by atoms with E-state index in [1.54, 1.807) is 0 Å². The Morgan fingerprint density at radius 2 is 0.897 bits per heavy atom. The smallest absolute Gasteiger partial charge is 0.314 e. The van der Waals surface area contributed by atoms with E-state index in [2.05, 4.69) is 27.7 Å². The van der Waals surface area contributed by atoms with Gasteiger partial charge in [0.1, 0.15) is 0 Å². The van der Waals surface area contributed by atoms with E-state index in [9.17, 15) is 9.59 Å². The average molecular weight is 441 g/mol. The molecule has 0 fully saturated rings. The van der Waals surface area contributed by atoms with Crippen molar-refractivity contribution in [3.05, 3.63) is 0 Å². The van der Waals surface area contributed by atoms with Crippen LogP contribution in [0.3, 0.4) is 0 Å². The van der Waals surface area contributed by atoms with E-state index in [0.717, 1.165) is 95.6 Å². The third kappa shape index (κ3) is 15.8. The summed E-state index contributed by atoms with van der Waals surface area (Å²) in [6.07, 6.45) is 13.6. The summed E-state index contributed by atoms with van der Waals surface area (Å²) in [5.74, 6) is 0.143. The van der Waals surface area contributed by atoms with Gasteiger partial charge in [0.05, 0.1) is 11.8 Å². The van der Waals surface area contributed by atoms with Crippen molar-refractivity contribution in [3.8, 4) is 0 Å². The van der Waals surface area contributed by atoms with Crippen LogP contribution in [-0.4, -0.2) is 31.5 Å². The predicted molar refractivity (Wildman–Crippen MR) is 123 cm³/mol. The molecule has 4 nitrogen and oxygen atoms in total. The summed E-state index contributed by atoms with van der Waals surface area (Å²) in [4.78, 5) is 24.6. The first-order valence-electron chi connectivity index (χ1n) is 12.0. The highest BCUT2D eigenvalue weighted by Crippen LogP contribution is 2.19. The lowest BCUT2D eigenvalue weighted by Gasteiger charge is -2.15. The van der Waals surface area contributed by atoms with E-state index in [1.807, 2.05) is 0 Å². The average Bonchev–Trinajstić information content (AvgIpc) is 2.72. The minimum atomic E-state index is -0.00574. The molecule has 0 rings (SSSR count). The highest BCUT2D eigenvalue weighted by Gasteiger charge is 2.20. The maximum atomic E-state index is 12.3. The first-order chi connectivity index (χ1) is 14.1. The number of hydrogen-bond donors (Lipinski definition) is 0. The van der Waals surface area contributed by atoms with Gasteiger partial charge < -0.3 is 8.85 Å². The van der Waals surface area contributed by atoms with Crippen molar-refractivity contribution in [1.82, 2.24) is 0 Å². The second-order valence-corrected chi connectivity index (χ2v) is 9.93. The Labute approximate surface area is 185 Å². The number of rotatable bonds is 20. The maximum Gasteiger partial charge on any atom is 0.314 e. The zero-order chi connectivity index (χ0) is 21.7. The summed E-state index contributed by atoms with van der Waals surface area (Å²) in [7, 11) is 0.462. The van der Waals surface area contributed by atoms with E-state index in [1.165, 1.54) is 0 Å². The van der Waals surface area contributed by atoms with Gasteiger partial charge in [-0.15, -0.1) is 0 Å². The lowest BCUT2D eigenvalue weighted by molar-refractivity contribution is -0.140. The fourth-order valence-corrected chi connectivity index (χ4v) is 5.02. The first kappa shape index (κ1) is 28.4. The predicted octanol–water partition coefficient (Wildman–Crippen LogP) is 6.53. The van der Waals surface area contributed by atoms with E-state index in [0.29, 0.717) is 0 Å². The van der Waals surface area contributed by atoms with Crippen LogP contribution < -0.4 is 0 Å². The largest absolute Gasteiger partial charge is 0.516 e. The number of carbonyl (C=O) groups is 2. The third-order valence-corrected chi connectivity index (χ3v) is 7.00. The van der Waals surface area contributed by atoms with E-state index >= 15 is 0 Å². The molecule has 0 aromatic heterocycles. The highest BCUT2D eigenvalue weighted by molar-refractivity contribution is 6.32. The van der Waals surface area contributed by atoms with Gasteiger partial charge in [0, 0.05) is 0 Å². The Morgan fingerprint density at radius 3 is 1.17 bits per heavy atom. The van der Waals surface area contributed by atoms with Crippen LogP contribution >= 0.6 is 0 Å². The molecule has 0 aromatic rings. The lowest BCUT2D eigenvalue weighted by atomic mass is 9.96. The minimum Gasteiger partial charge on any atom is -0.516 e.